The minimum Gasteiger partial charge on any atom is -0.494 e. The van der Waals surface area contributed by atoms with Crippen molar-refractivity contribution >= 4 is 29.1 Å². The third-order valence-corrected chi connectivity index (χ3v) is 6.47. The molecule has 5 nitrogen and oxygen atoms in total. The lowest BCUT2D eigenvalue weighted by Gasteiger charge is -2.34. The number of nitrogens with zero attached hydrogens (tertiary/aromatic N) is 2. The normalized spacial score (nSPS) is 20.5. The topological polar surface area (TPSA) is 49.9 Å². The Balaban J connectivity index is 1.34. The molecule has 6 heteroatoms. The van der Waals surface area contributed by atoms with Crippen LogP contribution in [0, 0.1) is 5.92 Å². The fourth-order valence-corrected chi connectivity index (χ4v) is 4.63. The number of carbonyl (C=O) groups is 2. The molecule has 2 heterocycles. The van der Waals surface area contributed by atoms with Gasteiger partial charge in [0.1, 0.15) is 5.75 Å². The summed E-state index contributed by atoms with van der Waals surface area (Å²) in [6, 6.07) is 14.9. The van der Waals surface area contributed by atoms with Gasteiger partial charge in [-0.1, -0.05) is 30.7 Å². The van der Waals surface area contributed by atoms with Crippen molar-refractivity contribution in [2.75, 3.05) is 24.6 Å². The van der Waals surface area contributed by atoms with Gasteiger partial charge in [0.05, 0.1) is 24.8 Å². The number of amides is 2. The number of anilines is 1. The number of rotatable bonds is 7. The summed E-state index contributed by atoms with van der Waals surface area (Å²) < 4.78 is 5.60. The number of hydrogen-bond donors (Lipinski definition) is 0. The molecule has 1 unspecified atom stereocenters. The van der Waals surface area contributed by atoms with E-state index in [2.05, 4.69) is 24.0 Å². The number of hydrogen-bond acceptors (Lipinski definition) is 4. The van der Waals surface area contributed by atoms with E-state index in [0.717, 1.165) is 49.5 Å². The van der Waals surface area contributed by atoms with Crippen molar-refractivity contribution in [1.82, 2.24) is 4.90 Å². The maximum absolute atomic E-state index is 13.1. The van der Waals surface area contributed by atoms with E-state index in [9.17, 15) is 9.59 Å². The summed E-state index contributed by atoms with van der Waals surface area (Å²) in [4.78, 5) is 29.3. The van der Waals surface area contributed by atoms with Gasteiger partial charge in [0.15, 0.2) is 0 Å². The van der Waals surface area contributed by atoms with Crippen molar-refractivity contribution in [2.45, 2.75) is 45.1 Å². The average Bonchev–Trinajstić information content (AvgIpc) is 3.09. The van der Waals surface area contributed by atoms with Gasteiger partial charge in [0, 0.05) is 5.02 Å². The number of ether oxygens (including phenoxy) is 1. The van der Waals surface area contributed by atoms with Crippen LogP contribution in [0.15, 0.2) is 48.5 Å². The van der Waals surface area contributed by atoms with Crippen LogP contribution in [0.2, 0.25) is 5.02 Å². The van der Waals surface area contributed by atoms with Crippen molar-refractivity contribution < 1.29 is 14.3 Å². The highest BCUT2D eigenvalue weighted by Crippen LogP contribution is 2.30. The molecule has 0 N–H and O–H groups in total. The van der Waals surface area contributed by atoms with Crippen LogP contribution in [0.25, 0.3) is 0 Å². The first-order valence-electron chi connectivity index (χ1n) is 11.1. The van der Waals surface area contributed by atoms with E-state index in [4.69, 9.17) is 16.3 Å². The second kappa shape index (κ2) is 9.84. The Kier molecular flexibility index (Phi) is 6.93. The molecule has 2 aliphatic heterocycles. The molecule has 0 saturated carbocycles. The summed E-state index contributed by atoms with van der Waals surface area (Å²) in [6.07, 6.45) is 4.28. The van der Waals surface area contributed by atoms with E-state index in [1.165, 1.54) is 10.5 Å². The van der Waals surface area contributed by atoms with Crippen LogP contribution in [-0.2, 0) is 16.0 Å². The van der Waals surface area contributed by atoms with E-state index in [0.29, 0.717) is 18.2 Å². The third kappa shape index (κ3) is 5.10. The number of likely N-dealkylation sites (tertiary alicyclic amines) is 1. The van der Waals surface area contributed by atoms with Gasteiger partial charge < -0.3 is 4.74 Å². The zero-order chi connectivity index (χ0) is 21.8. The van der Waals surface area contributed by atoms with Crippen LogP contribution in [0.3, 0.4) is 0 Å². The van der Waals surface area contributed by atoms with Crippen LogP contribution < -0.4 is 9.64 Å². The number of carbonyl (C=O) groups excluding carboxylic acids is 2. The largest absolute Gasteiger partial charge is 0.494 e. The van der Waals surface area contributed by atoms with Gasteiger partial charge in [-0.25, -0.2) is 4.90 Å². The quantitative estimate of drug-likeness (QED) is 0.585. The lowest BCUT2D eigenvalue weighted by Crippen LogP contribution is -2.46. The van der Waals surface area contributed by atoms with E-state index in [1.807, 2.05) is 24.3 Å². The molecule has 0 bridgehead atoms. The Morgan fingerprint density at radius 1 is 1.00 bits per heavy atom. The average molecular weight is 441 g/mol. The Bertz CT molecular complexity index is 905. The molecule has 0 radical (unpaired) electrons. The zero-order valence-electron chi connectivity index (χ0n) is 17.9. The molecule has 2 aliphatic rings. The number of benzene rings is 2. The predicted molar refractivity (Wildman–Crippen MR) is 123 cm³/mol. The third-order valence-electron chi connectivity index (χ3n) is 6.22. The molecule has 2 aromatic rings. The van der Waals surface area contributed by atoms with Crippen molar-refractivity contribution in [1.29, 1.82) is 0 Å². The highest BCUT2D eigenvalue weighted by molar-refractivity contribution is 6.30. The molecular weight excluding hydrogens is 412 g/mol. The van der Waals surface area contributed by atoms with Gasteiger partial charge in [0.2, 0.25) is 5.91 Å². The second-order valence-electron chi connectivity index (χ2n) is 8.44. The van der Waals surface area contributed by atoms with E-state index in [1.54, 1.807) is 12.1 Å². The zero-order valence-corrected chi connectivity index (χ0v) is 18.7. The minimum absolute atomic E-state index is 0.108. The summed E-state index contributed by atoms with van der Waals surface area (Å²) in [7, 11) is 0. The summed E-state index contributed by atoms with van der Waals surface area (Å²) in [6.45, 7) is 4.40. The highest BCUT2D eigenvalue weighted by Gasteiger charge is 2.43. The first kappa shape index (κ1) is 21.8. The SMILES string of the molecule is CCCOc1ccc(N2C(=O)CC(N3CCC(Cc4ccc(Cl)cc4)CC3)C2=O)cc1. The lowest BCUT2D eigenvalue weighted by molar-refractivity contribution is -0.123. The van der Waals surface area contributed by atoms with Gasteiger partial charge in [-0.2, -0.15) is 0 Å². The Morgan fingerprint density at radius 3 is 2.32 bits per heavy atom. The summed E-state index contributed by atoms with van der Waals surface area (Å²) >= 11 is 5.98. The Morgan fingerprint density at radius 2 is 1.68 bits per heavy atom. The van der Waals surface area contributed by atoms with Crippen LogP contribution in [-0.4, -0.2) is 42.5 Å². The van der Waals surface area contributed by atoms with Gasteiger partial charge in [-0.15, -0.1) is 0 Å². The molecule has 0 aliphatic carbocycles. The molecule has 2 fully saturated rings. The number of imide groups is 1. The summed E-state index contributed by atoms with van der Waals surface area (Å²) in [5.41, 5.74) is 1.92. The Labute approximate surface area is 188 Å². The molecule has 4 rings (SSSR count). The number of halogens is 1. The molecule has 164 valence electrons. The molecule has 2 saturated heterocycles. The number of piperidine rings is 1. The van der Waals surface area contributed by atoms with Crippen LogP contribution in [0.1, 0.15) is 38.2 Å². The fraction of sp³-hybridized carbons (Fsp3) is 0.440. The summed E-state index contributed by atoms with van der Waals surface area (Å²) in [5.74, 6) is 1.12. The first-order valence-corrected chi connectivity index (χ1v) is 11.5. The van der Waals surface area contributed by atoms with Crippen molar-refractivity contribution in [3.8, 4) is 5.75 Å². The van der Waals surface area contributed by atoms with Gasteiger partial charge >= 0.3 is 0 Å². The maximum atomic E-state index is 13.1. The van der Waals surface area contributed by atoms with Crippen LogP contribution in [0.4, 0.5) is 5.69 Å². The first-order chi connectivity index (χ1) is 15.0. The van der Waals surface area contributed by atoms with Gasteiger partial charge in [0.25, 0.3) is 5.91 Å². The molecule has 0 spiro atoms. The minimum atomic E-state index is -0.347. The Hall–Kier alpha value is -2.37. The van der Waals surface area contributed by atoms with Gasteiger partial charge in [-0.05, 0) is 86.7 Å². The van der Waals surface area contributed by atoms with E-state index >= 15 is 0 Å². The summed E-state index contributed by atoms with van der Waals surface area (Å²) in [5, 5.41) is 0.760. The standard InChI is InChI=1S/C25H29ClN2O3/c1-2-15-31-22-9-7-21(8-10-22)28-24(29)17-23(25(28)30)27-13-11-19(12-14-27)16-18-3-5-20(26)6-4-18/h3-10,19,23H,2,11-17H2,1H3. The molecule has 2 amide bonds. The maximum Gasteiger partial charge on any atom is 0.251 e. The molecule has 2 aromatic carbocycles. The highest BCUT2D eigenvalue weighted by atomic mass is 35.5. The van der Waals surface area contributed by atoms with Crippen LogP contribution >= 0.6 is 11.6 Å². The van der Waals surface area contributed by atoms with E-state index in [-0.39, 0.29) is 24.3 Å². The monoisotopic (exact) mass is 440 g/mol. The molecule has 1 atom stereocenters. The van der Waals surface area contributed by atoms with Crippen molar-refractivity contribution in [2.24, 2.45) is 5.92 Å². The molecular formula is C25H29ClN2O3. The van der Waals surface area contributed by atoms with Crippen molar-refractivity contribution in [3.05, 3.63) is 59.1 Å². The fourth-order valence-electron chi connectivity index (χ4n) is 4.51. The predicted octanol–water partition coefficient (Wildman–Crippen LogP) is 4.72. The lowest BCUT2D eigenvalue weighted by atomic mass is 9.89. The van der Waals surface area contributed by atoms with E-state index < -0.39 is 0 Å². The van der Waals surface area contributed by atoms with Crippen LogP contribution in [0.5, 0.6) is 5.75 Å². The molecule has 31 heavy (non-hydrogen) atoms. The van der Waals surface area contributed by atoms with Crippen molar-refractivity contribution in [3.63, 3.8) is 0 Å². The smallest absolute Gasteiger partial charge is 0.251 e. The second-order valence-corrected chi connectivity index (χ2v) is 8.88. The molecule has 0 aromatic heterocycles. The van der Waals surface area contributed by atoms with Gasteiger partial charge in [-0.3, -0.25) is 14.5 Å².